The van der Waals surface area contributed by atoms with Gasteiger partial charge in [-0.1, -0.05) is 30.7 Å². The number of hydrogen-bond acceptors (Lipinski definition) is 6. The minimum atomic E-state index is -1.34. The Morgan fingerprint density at radius 3 is 2.63 bits per heavy atom. The highest BCUT2D eigenvalue weighted by Gasteiger charge is 2.54. The molecule has 2 atom stereocenters. The van der Waals surface area contributed by atoms with Crippen LogP contribution in [0.1, 0.15) is 18.9 Å². The van der Waals surface area contributed by atoms with Crippen LogP contribution >= 0.6 is 23.4 Å². The molecule has 2 aliphatic heterocycles. The molecule has 0 bridgehead atoms. The summed E-state index contributed by atoms with van der Waals surface area (Å²) in [6.07, 6.45) is -0.0851. The summed E-state index contributed by atoms with van der Waals surface area (Å²) in [6, 6.07) is 5.93. The highest BCUT2D eigenvalue weighted by atomic mass is 35.5. The fourth-order valence-corrected chi connectivity index (χ4v) is 4.49. The summed E-state index contributed by atoms with van der Waals surface area (Å²) in [5.41, 5.74) is 0.518. The topological polar surface area (TPSA) is 125 Å². The quantitative estimate of drug-likeness (QED) is 0.536. The lowest BCUT2D eigenvalue weighted by Gasteiger charge is -2.49. The standard InChI is InChI=1S/C19H20ClN3O6S/c1-2-7-29-19(28)21-12-9-30-17-14(16(25)23(17)15(12)18(26)27)22-13(24)8-10-3-5-11(20)6-4-10/h3-6,14,17H,2,7-9H2,1H3,(H,21,28)(H,22,24)(H,26,27)/t14?,17-/m0/s1. The number of thioether (sulfide) groups is 1. The van der Waals surface area contributed by atoms with Crippen molar-refractivity contribution in [1.82, 2.24) is 15.5 Å². The molecule has 1 fully saturated rings. The molecule has 9 nitrogen and oxygen atoms in total. The number of nitrogens with zero attached hydrogens (tertiary/aromatic N) is 1. The van der Waals surface area contributed by atoms with E-state index >= 15 is 0 Å². The summed E-state index contributed by atoms with van der Waals surface area (Å²) in [5, 5.41) is 14.6. The Balaban J connectivity index is 1.66. The number of halogens is 1. The molecule has 3 rings (SSSR count). The average molecular weight is 454 g/mol. The van der Waals surface area contributed by atoms with Crippen molar-refractivity contribution in [3.63, 3.8) is 0 Å². The number of nitrogens with one attached hydrogen (secondary N) is 2. The largest absolute Gasteiger partial charge is 0.477 e. The Kier molecular flexibility index (Phi) is 6.88. The normalized spacial score (nSPS) is 20.2. The van der Waals surface area contributed by atoms with Crippen LogP contribution < -0.4 is 10.6 Å². The molecular weight excluding hydrogens is 434 g/mol. The average Bonchev–Trinajstić information content (AvgIpc) is 2.71. The zero-order valence-corrected chi connectivity index (χ0v) is 17.6. The van der Waals surface area contributed by atoms with E-state index in [2.05, 4.69) is 10.6 Å². The number of ether oxygens (including phenoxy) is 1. The number of carboxylic acids is 1. The monoisotopic (exact) mass is 453 g/mol. The van der Waals surface area contributed by atoms with Gasteiger partial charge in [-0.3, -0.25) is 19.8 Å². The van der Waals surface area contributed by atoms with E-state index in [1.54, 1.807) is 24.3 Å². The fraction of sp³-hybridized carbons (Fsp3) is 0.368. The van der Waals surface area contributed by atoms with E-state index in [1.807, 2.05) is 6.92 Å². The third-order valence-electron chi connectivity index (χ3n) is 4.46. The highest BCUT2D eigenvalue weighted by Crippen LogP contribution is 2.39. The number of carbonyl (C=O) groups excluding carboxylic acids is 3. The molecule has 0 aliphatic carbocycles. The summed E-state index contributed by atoms with van der Waals surface area (Å²) >= 11 is 7.08. The zero-order chi connectivity index (χ0) is 21.8. The van der Waals surface area contributed by atoms with Gasteiger partial charge in [0.25, 0.3) is 5.91 Å². The summed E-state index contributed by atoms with van der Waals surface area (Å²) in [5.74, 6) is -2.09. The second-order valence-electron chi connectivity index (χ2n) is 6.65. The van der Waals surface area contributed by atoms with Crippen molar-refractivity contribution in [3.05, 3.63) is 46.2 Å². The predicted octanol–water partition coefficient (Wildman–Crippen LogP) is 1.71. The number of hydrogen-bond donors (Lipinski definition) is 3. The lowest BCUT2D eigenvalue weighted by molar-refractivity contribution is -0.150. The Hall–Kier alpha value is -2.72. The van der Waals surface area contributed by atoms with Crippen LogP contribution in [0.25, 0.3) is 0 Å². The minimum Gasteiger partial charge on any atom is -0.477 e. The molecule has 0 spiro atoms. The van der Waals surface area contributed by atoms with E-state index in [1.165, 1.54) is 11.8 Å². The van der Waals surface area contributed by atoms with E-state index in [9.17, 15) is 24.3 Å². The van der Waals surface area contributed by atoms with Gasteiger partial charge in [-0.05, 0) is 24.1 Å². The summed E-state index contributed by atoms with van der Waals surface area (Å²) in [7, 11) is 0. The highest BCUT2D eigenvalue weighted by molar-refractivity contribution is 8.00. The molecule has 2 heterocycles. The lowest BCUT2D eigenvalue weighted by atomic mass is 10.0. The van der Waals surface area contributed by atoms with Crippen molar-refractivity contribution in [2.24, 2.45) is 0 Å². The molecule has 1 unspecified atom stereocenters. The molecule has 2 aliphatic rings. The molecule has 11 heteroatoms. The van der Waals surface area contributed by atoms with Crippen molar-refractivity contribution in [2.75, 3.05) is 12.4 Å². The molecule has 1 saturated heterocycles. The van der Waals surface area contributed by atoms with Crippen LogP contribution in [0.3, 0.4) is 0 Å². The molecule has 0 aromatic heterocycles. The van der Waals surface area contributed by atoms with Crippen molar-refractivity contribution < 1.29 is 29.0 Å². The third-order valence-corrected chi connectivity index (χ3v) is 5.99. The van der Waals surface area contributed by atoms with Crippen molar-refractivity contribution >= 4 is 47.2 Å². The molecule has 160 valence electrons. The first-order chi connectivity index (χ1) is 14.3. The van der Waals surface area contributed by atoms with Crippen molar-refractivity contribution in [1.29, 1.82) is 0 Å². The molecule has 0 radical (unpaired) electrons. The smallest absolute Gasteiger partial charge is 0.411 e. The number of benzene rings is 1. The number of fused-ring (bicyclic) bond motifs is 1. The van der Waals surface area contributed by atoms with Gasteiger partial charge in [0.15, 0.2) is 5.70 Å². The summed E-state index contributed by atoms with van der Waals surface area (Å²) in [6.45, 7) is 2.03. The third kappa shape index (κ3) is 4.71. The first kappa shape index (κ1) is 22.0. The van der Waals surface area contributed by atoms with Gasteiger partial charge < -0.3 is 15.2 Å². The Morgan fingerprint density at radius 1 is 1.30 bits per heavy atom. The van der Waals surface area contributed by atoms with Gasteiger partial charge >= 0.3 is 12.1 Å². The van der Waals surface area contributed by atoms with Crippen LogP contribution in [-0.2, 0) is 25.5 Å². The van der Waals surface area contributed by atoms with E-state index in [4.69, 9.17) is 16.3 Å². The van der Waals surface area contributed by atoms with Gasteiger partial charge in [-0.25, -0.2) is 9.59 Å². The number of carboxylic acid groups (broad SMARTS) is 1. The van der Waals surface area contributed by atoms with E-state index in [-0.39, 0.29) is 36.1 Å². The van der Waals surface area contributed by atoms with Gasteiger partial charge in [0.05, 0.1) is 18.7 Å². The second-order valence-corrected chi connectivity index (χ2v) is 8.19. The molecule has 3 amide bonds. The molecule has 0 saturated carbocycles. The second kappa shape index (κ2) is 9.40. The minimum absolute atomic E-state index is 0.0655. The molecular formula is C19H20ClN3O6S. The Morgan fingerprint density at radius 2 is 2.00 bits per heavy atom. The Labute approximate surface area is 181 Å². The van der Waals surface area contributed by atoms with Crippen LogP contribution in [0.15, 0.2) is 35.7 Å². The number of alkyl carbamates (subject to hydrolysis) is 1. The van der Waals surface area contributed by atoms with Gasteiger partial charge in [0, 0.05) is 10.8 Å². The summed E-state index contributed by atoms with van der Waals surface area (Å²) in [4.78, 5) is 49.5. The molecule has 1 aromatic rings. The number of carbonyl (C=O) groups is 4. The van der Waals surface area contributed by atoms with Crippen LogP contribution in [-0.4, -0.2) is 57.7 Å². The van der Waals surface area contributed by atoms with Crippen molar-refractivity contribution in [3.8, 4) is 0 Å². The maximum absolute atomic E-state index is 12.6. The predicted molar refractivity (Wildman–Crippen MR) is 110 cm³/mol. The maximum atomic E-state index is 12.6. The first-order valence-electron chi connectivity index (χ1n) is 9.20. The van der Waals surface area contributed by atoms with E-state index in [0.29, 0.717) is 11.4 Å². The zero-order valence-electron chi connectivity index (χ0n) is 16.0. The lowest BCUT2D eigenvalue weighted by Crippen LogP contribution is -2.71. The van der Waals surface area contributed by atoms with Crippen LogP contribution in [0, 0.1) is 0 Å². The maximum Gasteiger partial charge on any atom is 0.411 e. The van der Waals surface area contributed by atoms with Crippen LogP contribution in [0.2, 0.25) is 5.02 Å². The van der Waals surface area contributed by atoms with Crippen LogP contribution in [0.5, 0.6) is 0 Å². The molecule has 3 N–H and O–H groups in total. The SMILES string of the molecule is CCCOC(=O)NC1=C(C(=O)O)N2C(=O)C(NC(=O)Cc3ccc(Cl)cc3)[C@@H]2SC1. The first-order valence-corrected chi connectivity index (χ1v) is 10.6. The molecule has 30 heavy (non-hydrogen) atoms. The summed E-state index contributed by atoms with van der Waals surface area (Å²) < 4.78 is 4.91. The Bertz CT molecular complexity index is 904. The number of β-lactam (4-membered cyclic amide) rings is 1. The van der Waals surface area contributed by atoms with E-state index in [0.717, 1.165) is 10.5 Å². The number of aliphatic carboxylic acids is 1. The van der Waals surface area contributed by atoms with Crippen LogP contribution in [0.4, 0.5) is 4.79 Å². The number of amides is 3. The van der Waals surface area contributed by atoms with Gasteiger partial charge in [0.2, 0.25) is 5.91 Å². The molecule has 1 aromatic carbocycles. The van der Waals surface area contributed by atoms with Gasteiger partial charge in [0.1, 0.15) is 11.4 Å². The van der Waals surface area contributed by atoms with E-state index < -0.39 is 29.4 Å². The fourth-order valence-electron chi connectivity index (χ4n) is 3.08. The number of rotatable bonds is 7. The van der Waals surface area contributed by atoms with Gasteiger partial charge in [-0.15, -0.1) is 11.8 Å². The van der Waals surface area contributed by atoms with Crippen molar-refractivity contribution in [2.45, 2.75) is 31.2 Å². The van der Waals surface area contributed by atoms with Gasteiger partial charge in [-0.2, -0.15) is 0 Å².